The third-order valence-electron chi connectivity index (χ3n) is 3.34. The Kier molecular flexibility index (Phi) is 5.08. The van der Waals surface area contributed by atoms with E-state index < -0.39 is 0 Å². The molecule has 1 atom stereocenters. The zero-order chi connectivity index (χ0) is 14.7. The highest BCUT2D eigenvalue weighted by Crippen LogP contribution is 2.34. The Morgan fingerprint density at radius 3 is 2.55 bits per heavy atom. The van der Waals surface area contributed by atoms with Crippen LogP contribution in [0.4, 0.5) is 0 Å². The van der Waals surface area contributed by atoms with E-state index in [4.69, 9.17) is 16.3 Å². The van der Waals surface area contributed by atoms with E-state index in [-0.39, 0.29) is 6.04 Å². The molecule has 0 heterocycles. The number of hydrogen-bond donors (Lipinski definition) is 1. The number of halogens is 2. The highest BCUT2D eigenvalue weighted by molar-refractivity contribution is 9.10. The molecule has 2 nitrogen and oxygen atoms in total. The molecule has 20 heavy (non-hydrogen) atoms. The van der Waals surface area contributed by atoms with Gasteiger partial charge < -0.3 is 10.1 Å². The predicted molar refractivity (Wildman–Crippen MR) is 87.8 cm³/mol. The number of methoxy groups -OCH3 is 1. The van der Waals surface area contributed by atoms with E-state index in [9.17, 15) is 0 Å². The summed E-state index contributed by atoms with van der Waals surface area (Å²) in [5, 5.41) is 4.05. The minimum Gasteiger partial charge on any atom is -0.496 e. The summed E-state index contributed by atoms with van der Waals surface area (Å²) in [6, 6.07) is 12.0. The van der Waals surface area contributed by atoms with Crippen molar-refractivity contribution in [3.05, 3.63) is 62.6 Å². The third-order valence-corrected chi connectivity index (χ3v) is 4.07. The first-order valence-corrected chi connectivity index (χ1v) is 7.50. The average Bonchev–Trinajstić information content (AvgIpc) is 2.44. The quantitative estimate of drug-likeness (QED) is 0.857. The van der Waals surface area contributed by atoms with Crippen LogP contribution in [0.15, 0.2) is 40.9 Å². The van der Waals surface area contributed by atoms with Crippen LogP contribution in [-0.4, -0.2) is 14.2 Å². The van der Waals surface area contributed by atoms with Crippen molar-refractivity contribution in [3.63, 3.8) is 0 Å². The minimum atomic E-state index is 0.0288. The van der Waals surface area contributed by atoms with Crippen LogP contribution in [0.3, 0.4) is 0 Å². The predicted octanol–water partition coefficient (Wildman–Crippen LogP) is 4.73. The molecule has 4 heteroatoms. The van der Waals surface area contributed by atoms with Gasteiger partial charge in [0.25, 0.3) is 0 Å². The topological polar surface area (TPSA) is 21.3 Å². The van der Waals surface area contributed by atoms with Gasteiger partial charge in [0.15, 0.2) is 0 Å². The molecule has 2 aromatic rings. The summed E-state index contributed by atoms with van der Waals surface area (Å²) in [4.78, 5) is 0. The molecule has 0 spiro atoms. The van der Waals surface area contributed by atoms with Gasteiger partial charge in [0, 0.05) is 15.1 Å². The zero-order valence-corrected chi connectivity index (χ0v) is 14.0. The van der Waals surface area contributed by atoms with E-state index in [1.165, 1.54) is 11.1 Å². The van der Waals surface area contributed by atoms with E-state index in [0.717, 1.165) is 15.8 Å². The summed E-state index contributed by atoms with van der Waals surface area (Å²) in [6.07, 6.45) is 0. The molecule has 106 valence electrons. The van der Waals surface area contributed by atoms with Gasteiger partial charge in [0.2, 0.25) is 0 Å². The molecule has 0 amide bonds. The Morgan fingerprint density at radius 1 is 1.15 bits per heavy atom. The van der Waals surface area contributed by atoms with Gasteiger partial charge in [-0.25, -0.2) is 0 Å². The van der Waals surface area contributed by atoms with Crippen LogP contribution in [-0.2, 0) is 0 Å². The zero-order valence-electron chi connectivity index (χ0n) is 11.7. The van der Waals surface area contributed by atoms with Crippen LogP contribution in [0.5, 0.6) is 5.75 Å². The molecular weight excluding hydrogens is 338 g/mol. The van der Waals surface area contributed by atoms with E-state index >= 15 is 0 Å². The van der Waals surface area contributed by atoms with Crippen molar-refractivity contribution in [2.24, 2.45) is 0 Å². The summed E-state index contributed by atoms with van der Waals surface area (Å²) in [6.45, 7) is 2.10. The fraction of sp³-hybridized carbons (Fsp3) is 0.250. The fourth-order valence-corrected chi connectivity index (χ4v) is 2.89. The lowest BCUT2D eigenvalue weighted by Crippen LogP contribution is -2.19. The second-order valence-electron chi connectivity index (χ2n) is 4.61. The van der Waals surface area contributed by atoms with Crippen LogP contribution in [0.2, 0.25) is 5.02 Å². The second-order valence-corrected chi connectivity index (χ2v) is 5.96. The Labute approximate surface area is 133 Å². The van der Waals surface area contributed by atoms with Crippen molar-refractivity contribution in [1.82, 2.24) is 5.32 Å². The maximum atomic E-state index is 6.14. The molecule has 0 fully saturated rings. The molecule has 1 N–H and O–H groups in total. The Hall–Kier alpha value is -1.03. The largest absolute Gasteiger partial charge is 0.496 e. The minimum absolute atomic E-state index is 0.0288. The van der Waals surface area contributed by atoms with Crippen LogP contribution < -0.4 is 10.1 Å². The van der Waals surface area contributed by atoms with Gasteiger partial charge in [0.1, 0.15) is 5.75 Å². The maximum Gasteiger partial charge on any atom is 0.124 e. The van der Waals surface area contributed by atoms with Gasteiger partial charge in [-0.15, -0.1) is 0 Å². The standard InChI is InChI=1S/C16H17BrClNO/c1-10-4-5-11(17)8-13(10)16(19-2)14-9-12(18)6-7-15(14)20-3/h4-9,16,19H,1-3H3. The van der Waals surface area contributed by atoms with Gasteiger partial charge in [-0.3, -0.25) is 0 Å². The molecular formula is C16H17BrClNO. The summed E-state index contributed by atoms with van der Waals surface area (Å²) >= 11 is 9.67. The Morgan fingerprint density at radius 2 is 1.90 bits per heavy atom. The van der Waals surface area contributed by atoms with Crippen LogP contribution in [0, 0.1) is 6.92 Å². The summed E-state index contributed by atoms with van der Waals surface area (Å²) < 4.78 is 6.52. The lowest BCUT2D eigenvalue weighted by atomic mass is 9.94. The molecule has 0 radical (unpaired) electrons. The molecule has 0 aromatic heterocycles. The van der Waals surface area contributed by atoms with E-state index in [2.05, 4.69) is 40.3 Å². The monoisotopic (exact) mass is 353 g/mol. The average molecular weight is 355 g/mol. The molecule has 0 bridgehead atoms. The summed E-state index contributed by atoms with van der Waals surface area (Å²) in [7, 11) is 3.61. The first-order valence-electron chi connectivity index (χ1n) is 6.33. The number of nitrogens with one attached hydrogen (secondary N) is 1. The van der Waals surface area contributed by atoms with Crippen LogP contribution >= 0.6 is 27.5 Å². The van der Waals surface area contributed by atoms with Gasteiger partial charge in [-0.2, -0.15) is 0 Å². The first kappa shape index (κ1) is 15.4. The molecule has 2 aromatic carbocycles. The molecule has 0 aliphatic rings. The molecule has 1 unspecified atom stereocenters. The van der Waals surface area contributed by atoms with Gasteiger partial charge in [-0.1, -0.05) is 33.6 Å². The number of aryl methyl sites for hydroxylation is 1. The SMILES string of the molecule is CNC(c1cc(Br)ccc1C)c1cc(Cl)ccc1OC. The lowest BCUT2D eigenvalue weighted by molar-refractivity contribution is 0.405. The number of hydrogen-bond acceptors (Lipinski definition) is 2. The van der Waals surface area contributed by atoms with Crippen LogP contribution in [0.1, 0.15) is 22.7 Å². The lowest BCUT2D eigenvalue weighted by Gasteiger charge is -2.22. The van der Waals surface area contributed by atoms with Gasteiger partial charge in [-0.05, 0) is 55.4 Å². The highest BCUT2D eigenvalue weighted by atomic mass is 79.9. The smallest absolute Gasteiger partial charge is 0.124 e. The van der Waals surface area contributed by atoms with Crippen molar-refractivity contribution in [3.8, 4) is 5.75 Å². The van der Waals surface area contributed by atoms with Crippen molar-refractivity contribution in [2.45, 2.75) is 13.0 Å². The highest BCUT2D eigenvalue weighted by Gasteiger charge is 2.19. The van der Waals surface area contributed by atoms with E-state index in [0.29, 0.717) is 5.02 Å². The molecule has 0 aliphatic heterocycles. The van der Waals surface area contributed by atoms with Crippen molar-refractivity contribution < 1.29 is 4.74 Å². The summed E-state index contributed by atoms with van der Waals surface area (Å²) in [5.41, 5.74) is 3.45. The van der Waals surface area contributed by atoms with Gasteiger partial charge >= 0.3 is 0 Å². The Bertz CT molecular complexity index is 615. The fourth-order valence-electron chi connectivity index (χ4n) is 2.33. The van der Waals surface area contributed by atoms with E-state index in [1.54, 1.807) is 7.11 Å². The third kappa shape index (κ3) is 3.17. The molecule has 0 saturated heterocycles. The van der Waals surface area contributed by atoms with Crippen molar-refractivity contribution in [2.75, 3.05) is 14.2 Å². The van der Waals surface area contributed by atoms with Gasteiger partial charge in [0.05, 0.1) is 13.2 Å². The van der Waals surface area contributed by atoms with Crippen molar-refractivity contribution in [1.29, 1.82) is 0 Å². The second kappa shape index (κ2) is 6.61. The summed E-state index contributed by atoms with van der Waals surface area (Å²) in [5.74, 6) is 0.827. The first-order chi connectivity index (χ1) is 9.56. The maximum absolute atomic E-state index is 6.14. The molecule has 0 saturated carbocycles. The molecule has 2 rings (SSSR count). The molecule has 0 aliphatic carbocycles. The normalized spacial score (nSPS) is 12.2. The van der Waals surface area contributed by atoms with Crippen molar-refractivity contribution >= 4 is 27.5 Å². The number of rotatable bonds is 4. The van der Waals surface area contributed by atoms with E-state index in [1.807, 2.05) is 31.3 Å². The van der Waals surface area contributed by atoms with Crippen LogP contribution in [0.25, 0.3) is 0 Å². The number of benzene rings is 2. The number of ether oxygens (including phenoxy) is 1. The Balaban J connectivity index is 2.57.